The molecule has 1 atom stereocenters. The van der Waals surface area contributed by atoms with Crippen LogP contribution in [-0.2, 0) is 10.0 Å². The number of nitrogens with one attached hydrogen (secondary N) is 2. The number of hydrogen-bond donors (Lipinski definition) is 3. The van der Waals surface area contributed by atoms with Gasteiger partial charge in [-0.3, -0.25) is 0 Å². The van der Waals surface area contributed by atoms with Crippen LogP contribution in [0.5, 0.6) is 0 Å². The number of hydrogen-bond acceptors (Lipinski definition) is 6. The predicted molar refractivity (Wildman–Crippen MR) is 96.9 cm³/mol. The molecule has 0 saturated heterocycles. The molecule has 124 valence electrons. The lowest BCUT2D eigenvalue weighted by Gasteiger charge is -2.35. The first-order valence-corrected chi connectivity index (χ1v) is 9.91. The standard InChI is InChI=1S/C16H16N4O2S2/c17-24(21,22)13-5-2-4-12(9-13)19-15-18-10-11-3-1-6-14-16(11,20-15)7-8-23-14/h2,4-10H,1,3H2,(H2,17,21,22)(H2,18,19,20). The summed E-state index contributed by atoms with van der Waals surface area (Å²) in [7, 11) is -3.74. The third-order valence-corrected chi connectivity index (χ3v) is 6.12. The van der Waals surface area contributed by atoms with Crippen molar-refractivity contribution in [2.24, 2.45) is 10.1 Å². The fourth-order valence-corrected chi connectivity index (χ4v) is 4.67. The van der Waals surface area contributed by atoms with Gasteiger partial charge in [0, 0.05) is 16.8 Å². The molecule has 1 aromatic carbocycles. The van der Waals surface area contributed by atoms with Gasteiger partial charge in [-0.2, -0.15) is 0 Å². The first kappa shape index (κ1) is 15.5. The highest BCUT2D eigenvalue weighted by atomic mass is 32.2. The zero-order chi connectivity index (χ0) is 16.8. The number of nitrogens with two attached hydrogens (primary N) is 1. The van der Waals surface area contributed by atoms with Gasteiger partial charge in [-0.1, -0.05) is 23.9 Å². The van der Waals surface area contributed by atoms with E-state index >= 15 is 0 Å². The Hall–Kier alpha value is -2.03. The summed E-state index contributed by atoms with van der Waals surface area (Å²) in [6.45, 7) is 0. The van der Waals surface area contributed by atoms with E-state index in [0.717, 1.165) is 12.8 Å². The van der Waals surface area contributed by atoms with Crippen molar-refractivity contribution in [1.29, 1.82) is 0 Å². The van der Waals surface area contributed by atoms with E-state index in [1.54, 1.807) is 23.9 Å². The minimum atomic E-state index is -3.74. The molecule has 1 spiro atoms. The molecule has 0 aromatic heterocycles. The molecule has 1 unspecified atom stereocenters. The molecule has 24 heavy (non-hydrogen) atoms. The highest BCUT2D eigenvalue weighted by molar-refractivity contribution is 8.06. The van der Waals surface area contributed by atoms with Gasteiger partial charge in [0.2, 0.25) is 16.0 Å². The number of nitrogens with zero attached hydrogens (tertiary/aromatic N) is 1. The van der Waals surface area contributed by atoms with Crippen molar-refractivity contribution in [3.8, 4) is 0 Å². The van der Waals surface area contributed by atoms with Crippen molar-refractivity contribution < 1.29 is 8.42 Å². The summed E-state index contributed by atoms with van der Waals surface area (Å²) in [5.41, 5.74) is 1.44. The summed E-state index contributed by atoms with van der Waals surface area (Å²) in [5.74, 6) is 0.574. The van der Waals surface area contributed by atoms with E-state index in [4.69, 9.17) is 10.1 Å². The number of aliphatic imine (C=N–C) groups is 1. The molecule has 4 rings (SSSR count). The summed E-state index contributed by atoms with van der Waals surface area (Å²) in [6.07, 6.45) is 8.32. The van der Waals surface area contributed by atoms with Gasteiger partial charge in [0.05, 0.1) is 4.90 Å². The molecular weight excluding hydrogens is 344 g/mol. The maximum atomic E-state index is 11.5. The van der Waals surface area contributed by atoms with Crippen molar-refractivity contribution >= 4 is 33.4 Å². The van der Waals surface area contributed by atoms with Crippen LogP contribution in [0, 0.1) is 0 Å². The Balaban J connectivity index is 1.66. The average Bonchev–Trinajstić information content (AvgIpc) is 2.96. The summed E-state index contributed by atoms with van der Waals surface area (Å²) >= 11 is 1.70. The number of guanidine groups is 1. The molecule has 0 bridgehead atoms. The molecule has 4 N–H and O–H groups in total. The second kappa shape index (κ2) is 5.51. The topological polar surface area (TPSA) is 96.6 Å². The third kappa shape index (κ3) is 2.56. The van der Waals surface area contributed by atoms with Crippen LogP contribution in [0.2, 0.25) is 0 Å². The Bertz CT molecular complexity index is 931. The summed E-state index contributed by atoms with van der Waals surface area (Å²) < 4.78 is 23.0. The monoisotopic (exact) mass is 360 g/mol. The molecule has 3 aliphatic rings. The maximum Gasteiger partial charge on any atom is 0.238 e. The number of primary sulfonamides is 1. The molecule has 6 nitrogen and oxygen atoms in total. The van der Waals surface area contributed by atoms with E-state index in [2.05, 4.69) is 28.2 Å². The number of thioether (sulfide) groups is 1. The molecular formula is C16H16N4O2S2. The molecule has 2 heterocycles. The van der Waals surface area contributed by atoms with Crippen molar-refractivity contribution in [3.05, 3.63) is 58.5 Å². The van der Waals surface area contributed by atoms with Gasteiger partial charge in [-0.05, 0) is 48.1 Å². The molecule has 0 amide bonds. The number of allylic oxidation sites excluding steroid dienone is 1. The molecule has 1 aliphatic carbocycles. The lowest BCUT2D eigenvalue weighted by molar-refractivity contribution is 0.598. The van der Waals surface area contributed by atoms with E-state index < -0.39 is 15.6 Å². The van der Waals surface area contributed by atoms with Crippen LogP contribution in [-0.4, -0.2) is 19.9 Å². The fourth-order valence-electron chi connectivity index (χ4n) is 3.06. The van der Waals surface area contributed by atoms with Gasteiger partial charge in [0.15, 0.2) is 0 Å². The Morgan fingerprint density at radius 1 is 1.38 bits per heavy atom. The van der Waals surface area contributed by atoms with Gasteiger partial charge in [-0.15, -0.1) is 0 Å². The third-order valence-electron chi connectivity index (χ3n) is 4.21. The average molecular weight is 360 g/mol. The van der Waals surface area contributed by atoms with Crippen molar-refractivity contribution in [1.82, 2.24) is 5.32 Å². The SMILES string of the molecule is NS(=O)(=O)c1cccc(NC2=NC34C=CSC3=CCCC4=CN2)c1. The number of benzene rings is 1. The Labute approximate surface area is 144 Å². The Kier molecular flexibility index (Phi) is 3.56. The molecule has 2 aliphatic heterocycles. The maximum absolute atomic E-state index is 11.5. The minimum Gasteiger partial charge on any atom is -0.333 e. The molecule has 1 aromatic rings. The fraction of sp³-hybridized carbons (Fsp3) is 0.188. The number of anilines is 1. The van der Waals surface area contributed by atoms with E-state index in [1.807, 2.05) is 6.20 Å². The normalized spacial score (nSPS) is 25.0. The molecule has 0 saturated carbocycles. The number of sulfonamides is 1. The highest BCUT2D eigenvalue weighted by Crippen LogP contribution is 2.49. The molecule has 0 radical (unpaired) electrons. The van der Waals surface area contributed by atoms with Crippen LogP contribution in [0.15, 0.2) is 68.4 Å². The van der Waals surface area contributed by atoms with E-state index in [-0.39, 0.29) is 4.90 Å². The van der Waals surface area contributed by atoms with E-state index in [0.29, 0.717) is 11.6 Å². The van der Waals surface area contributed by atoms with Crippen LogP contribution in [0.3, 0.4) is 0 Å². The van der Waals surface area contributed by atoms with Crippen LogP contribution in [0.4, 0.5) is 5.69 Å². The predicted octanol–water partition coefficient (Wildman–Crippen LogP) is 2.27. The van der Waals surface area contributed by atoms with Crippen LogP contribution in [0.25, 0.3) is 0 Å². The van der Waals surface area contributed by atoms with Gasteiger partial charge in [-0.25, -0.2) is 18.5 Å². The van der Waals surface area contributed by atoms with E-state index in [1.165, 1.54) is 22.6 Å². The van der Waals surface area contributed by atoms with Crippen LogP contribution in [0.1, 0.15) is 12.8 Å². The van der Waals surface area contributed by atoms with Crippen molar-refractivity contribution in [2.75, 3.05) is 5.32 Å². The smallest absolute Gasteiger partial charge is 0.238 e. The van der Waals surface area contributed by atoms with Gasteiger partial charge in [0.1, 0.15) is 5.54 Å². The first-order chi connectivity index (χ1) is 11.5. The lowest BCUT2D eigenvalue weighted by atomic mass is 9.82. The molecule has 8 heteroatoms. The first-order valence-electron chi connectivity index (χ1n) is 7.48. The lowest BCUT2D eigenvalue weighted by Crippen LogP contribution is -2.41. The Morgan fingerprint density at radius 3 is 3.08 bits per heavy atom. The van der Waals surface area contributed by atoms with Crippen LogP contribution >= 0.6 is 11.8 Å². The van der Waals surface area contributed by atoms with Gasteiger partial charge in [0.25, 0.3) is 0 Å². The molecule has 0 fully saturated rings. The number of rotatable bonds is 2. The zero-order valence-corrected chi connectivity index (χ0v) is 14.3. The minimum absolute atomic E-state index is 0.0628. The summed E-state index contributed by atoms with van der Waals surface area (Å²) in [5, 5.41) is 13.5. The van der Waals surface area contributed by atoms with Crippen LogP contribution < -0.4 is 15.8 Å². The van der Waals surface area contributed by atoms with Crippen molar-refractivity contribution in [2.45, 2.75) is 23.3 Å². The Morgan fingerprint density at radius 2 is 2.25 bits per heavy atom. The quantitative estimate of drug-likeness (QED) is 0.752. The second-order valence-electron chi connectivity index (χ2n) is 5.77. The zero-order valence-electron chi connectivity index (χ0n) is 12.7. The van der Waals surface area contributed by atoms with Gasteiger partial charge >= 0.3 is 0 Å². The van der Waals surface area contributed by atoms with Gasteiger partial charge < -0.3 is 10.6 Å². The second-order valence-corrected chi connectivity index (χ2v) is 8.28. The summed E-state index contributed by atoms with van der Waals surface area (Å²) in [4.78, 5) is 6.14. The van der Waals surface area contributed by atoms with Crippen molar-refractivity contribution in [3.63, 3.8) is 0 Å². The summed E-state index contributed by atoms with van der Waals surface area (Å²) in [6, 6.07) is 6.37. The van der Waals surface area contributed by atoms with E-state index in [9.17, 15) is 8.42 Å². The highest BCUT2D eigenvalue weighted by Gasteiger charge is 2.42. The largest absolute Gasteiger partial charge is 0.333 e.